The van der Waals surface area contributed by atoms with Crippen molar-refractivity contribution in [3.63, 3.8) is 0 Å². The van der Waals surface area contributed by atoms with E-state index in [0.717, 1.165) is 0 Å². The minimum absolute atomic E-state index is 0.140. The summed E-state index contributed by atoms with van der Waals surface area (Å²) in [4.78, 5) is 3.88. The van der Waals surface area contributed by atoms with Crippen LogP contribution in [0.25, 0.3) is 0 Å². The molecule has 10 heavy (non-hydrogen) atoms. The van der Waals surface area contributed by atoms with E-state index < -0.39 is 0 Å². The highest BCUT2D eigenvalue weighted by atomic mass is 14.8. The van der Waals surface area contributed by atoms with Crippen LogP contribution in [0, 0.1) is 12.3 Å². The summed E-state index contributed by atoms with van der Waals surface area (Å²) in [6, 6.07) is -0.140. The molecule has 1 unspecified atom stereocenters. The number of hydrogen-bond donors (Lipinski definition) is 2. The molecule has 0 fully saturated rings. The fraction of sp³-hybridized carbons (Fsp3) is 0.286. The molecule has 3 heteroatoms. The molecule has 0 aromatic carbocycles. The van der Waals surface area contributed by atoms with Crippen LogP contribution in [0.1, 0.15) is 6.92 Å². The molecule has 0 amide bonds. The zero-order valence-corrected chi connectivity index (χ0v) is 5.91. The highest BCUT2D eigenvalue weighted by molar-refractivity contribution is 5.77. The van der Waals surface area contributed by atoms with E-state index >= 15 is 0 Å². The van der Waals surface area contributed by atoms with Gasteiger partial charge in [-0.15, -0.1) is 6.42 Å². The van der Waals surface area contributed by atoms with Crippen molar-refractivity contribution < 1.29 is 0 Å². The highest BCUT2D eigenvalue weighted by Crippen LogP contribution is 1.84. The smallest absolute Gasteiger partial charge is 0.107 e. The second-order valence-electron chi connectivity index (χ2n) is 1.79. The fourth-order valence-corrected chi connectivity index (χ4v) is 0.284. The molecule has 0 saturated heterocycles. The van der Waals surface area contributed by atoms with E-state index in [-0.39, 0.29) is 6.04 Å². The summed E-state index contributed by atoms with van der Waals surface area (Å²) < 4.78 is 0. The number of nitrogens with two attached hydrogens (primary N) is 2. The third-order valence-electron chi connectivity index (χ3n) is 0.881. The van der Waals surface area contributed by atoms with Crippen LogP contribution in [0.5, 0.6) is 0 Å². The summed E-state index contributed by atoms with van der Waals surface area (Å²) in [6.07, 6.45) is 7.76. The van der Waals surface area contributed by atoms with Crippen molar-refractivity contribution in [2.75, 3.05) is 0 Å². The number of terminal acetylenes is 1. The standard InChI is InChI=1S/C7H11N3/c1-3-6(2)10-5-7(9)4-8/h1,4-6H,8-9H2,2H3/b7-4+,10-5?. The highest BCUT2D eigenvalue weighted by Gasteiger charge is 1.86. The summed E-state index contributed by atoms with van der Waals surface area (Å²) >= 11 is 0. The molecule has 0 rings (SSSR count). The third kappa shape index (κ3) is 3.56. The van der Waals surface area contributed by atoms with E-state index in [9.17, 15) is 0 Å². The van der Waals surface area contributed by atoms with Gasteiger partial charge in [0.15, 0.2) is 0 Å². The lowest BCUT2D eigenvalue weighted by molar-refractivity contribution is 0.966. The summed E-state index contributed by atoms with van der Waals surface area (Å²) in [5, 5.41) is 0. The van der Waals surface area contributed by atoms with E-state index in [4.69, 9.17) is 17.9 Å². The molecule has 0 radical (unpaired) electrons. The maximum atomic E-state index is 5.29. The van der Waals surface area contributed by atoms with Crippen molar-refractivity contribution in [2.24, 2.45) is 16.5 Å². The summed E-state index contributed by atoms with van der Waals surface area (Å²) in [5.41, 5.74) is 10.8. The Morgan fingerprint density at radius 1 is 1.80 bits per heavy atom. The minimum Gasteiger partial charge on any atom is -0.403 e. The maximum Gasteiger partial charge on any atom is 0.107 e. The van der Waals surface area contributed by atoms with Crippen molar-refractivity contribution in [3.8, 4) is 12.3 Å². The van der Waals surface area contributed by atoms with Crippen LogP contribution in [0.15, 0.2) is 16.9 Å². The third-order valence-corrected chi connectivity index (χ3v) is 0.881. The molecule has 0 saturated carbocycles. The predicted octanol–water partition coefficient (Wildman–Crippen LogP) is -0.162. The fourth-order valence-electron chi connectivity index (χ4n) is 0.284. The molecular formula is C7H11N3. The topological polar surface area (TPSA) is 64.4 Å². The molecule has 0 heterocycles. The maximum absolute atomic E-state index is 5.29. The lowest BCUT2D eigenvalue weighted by Crippen LogP contribution is -2.03. The Morgan fingerprint density at radius 2 is 2.40 bits per heavy atom. The van der Waals surface area contributed by atoms with Gasteiger partial charge in [0.2, 0.25) is 0 Å². The number of hydrogen-bond acceptors (Lipinski definition) is 3. The van der Waals surface area contributed by atoms with Crippen LogP contribution in [0.4, 0.5) is 0 Å². The van der Waals surface area contributed by atoms with Gasteiger partial charge in [0, 0.05) is 12.4 Å². The van der Waals surface area contributed by atoms with Gasteiger partial charge in [-0.05, 0) is 6.92 Å². The zero-order chi connectivity index (χ0) is 7.98. The van der Waals surface area contributed by atoms with Crippen LogP contribution < -0.4 is 11.5 Å². The second kappa shape index (κ2) is 4.45. The number of aliphatic imine (C=N–C) groups is 1. The molecule has 4 N–H and O–H groups in total. The molecule has 0 spiro atoms. The first-order valence-electron chi connectivity index (χ1n) is 2.87. The molecule has 0 aromatic rings. The molecule has 0 aliphatic heterocycles. The van der Waals surface area contributed by atoms with Crippen LogP contribution >= 0.6 is 0 Å². The van der Waals surface area contributed by atoms with Gasteiger partial charge in [-0.2, -0.15) is 0 Å². The van der Waals surface area contributed by atoms with Crippen LogP contribution in [-0.2, 0) is 0 Å². The zero-order valence-electron chi connectivity index (χ0n) is 5.91. The Hall–Kier alpha value is -1.43. The van der Waals surface area contributed by atoms with Crippen molar-refractivity contribution in [1.82, 2.24) is 0 Å². The van der Waals surface area contributed by atoms with E-state index in [1.165, 1.54) is 12.4 Å². The Bertz CT molecular complexity index is 186. The largest absolute Gasteiger partial charge is 0.403 e. The van der Waals surface area contributed by atoms with Gasteiger partial charge < -0.3 is 11.5 Å². The van der Waals surface area contributed by atoms with Crippen LogP contribution in [0.3, 0.4) is 0 Å². The van der Waals surface area contributed by atoms with Gasteiger partial charge in [-0.1, -0.05) is 5.92 Å². The van der Waals surface area contributed by atoms with Crippen molar-refractivity contribution >= 4 is 6.21 Å². The minimum atomic E-state index is -0.140. The Labute approximate surface area is 60.8 Å². The summed E-state index contributed by atoms with van der Waals surface area (Å²) in [6.45, 7) is 1.79. The Morgan fingerprint density at radius 3 is 2.80 bits per heavy atom. The molecular weight excluding hydrogens is 126 g/mol. The molecule has 54 valence electrons. The van der Waals surface area contributed by atoms with E-state index in [1.54, 1.807) is 6.92 Å². The van der Waals surface area contributed by atoms with Gasteiger partial charge in [-0.3, -0.25) is 4.99 Å². The van der Waals surface area contributed by atoms with Crippen LogP contribution in [-0.4, -0.2) is 12.3 Å². The molecule has 0 aliphatic carbocycles. The van der Waals surface area contributed by atoms with E-state index in [1.807, 2.05) is 0 Å². The van der Waals surface area contributed by atoms with Gasteiger partial charge in [0.1, 0.15) is 6.04 Å². The molecule has 0 bridgehead atoms. The number of nitrogens with zero attached hydrogens (tertiary/aromatic N) is 1. The first-order chi connectivity index (χ1) is 4.70. The Kier molecular flexibility index (Phi) is 3.81. The molecule has 1 atom stereocenters. The van der Waals surface area contributed by atoms with Crippen molar-refractivity contribution in [2.45, 2.75) is 13.0 Å². The molecule has 3 nitrogen and oxygen atoms in total. The number of rotatable bonds is 2. The summed E-state index contributed by atoms with van der Waals surface area (Å²) in [5.74, 6) is 2.42. The predicted molar refractivity (Wildman–Crippen MR) is 43.2 cm³/mol. The monoisotopic (exact) mass is 137 g/mol. The molecule has 0 aromatic heterocycles. The average Bonchev–Trinajstić information content (AvgIpc) is 1.99. The lowest BCUT2D eigenvalue weighted by atomic mass is 10.4. The second-order valence-corrected chi connectivity index (χ2v) is 1.79. The quantitative estimate of drug-likeness (QED) is 0.410. The van der Waals surface area contributed by atoms with Crippen LogP contribution in [0.2, 0.25) is 0 Å². The first kappa shape index (κ1) is 8.57. The summed E-state index contributed by atoms with van der Waals surface area (Å²) in [7, 11) is 0. The normalized spacial score (nSPS) is 15.0. The van der Waals surface area contributed by atoms with E-state index in [0.29, 0.717) is 5.70 Å². The SMILES string of the molecule is C#CC(C)N=C/C(N)=C\N. The first-order valence-corrected chi connectivity index (χ1v) is 2.87. The van der Waals surface area contributed by atoms with E-state index in [2.05, 4.69) is 10.9 Å². The van der Waals surface area contributed by atoms with Gasteiger partial charge in [0.25, 0.3) is 0 Å². The van der Waals surface area contributed by atoms with Gasteiger partial charge in [-0.25, -0.2) is 0 Å². The van der Waals surface area contributed by atoms with Gasteiger partial charge >= 0.3 is 0 Å². The van der Waals surface area contributed by atoms with Crippen molar-refractivity contribution in [1.29, 1.82) is 0 Å². The Balaban J connectivity index is 3.90. The van der Waals surface area contributed by atoms with Crippen molar-refractivity contribution in [3.05, 3.63) is 11.9 Å². The molecule has 0 aliphatic rings. The number of allylic oxidation sites excluding steroid dienone is 1. The average molecular weight is 137 g/mol. The van der Waals surface area contributed by atoms with Gasteiger partial charge in [0.05, 0.1) is 5.70 Å². The lowest BCUT2D eigenvalue weighted by Gasteiger charge is -1.92.